The van der Waals surface area contributed by atoms with Crippen LogP contribution in [0, 0.1) is 0 Å². The standard InChI is InChI=1S/C16H18N2O3/c1-16(15(19)20)8-5-9-18(16)11-13-10-14(17-21-13)12-6-3-2-4-7-12/h2-4,6-7,10H,5,8-9,11H2,1H3,(H,19,20). The lowest BCUT2D eigenvalue weighted by molar-refractivity contribution is -0.149. The Morgan fingerprint density at radius 3 is 2.90 bits per heavy atom. The molecule has 0 saturated carbocycles. The summed E-state index contributed by atoms with van der Waals surface area (Å²) >= 11 is 0. The maximum atomic E-state index is 11.5. The van der Waals surface area contributed by atoms with Crippen LogP contribution in [0.3, 0.4) is 0 Å². The third-order valence-corrected chi connectivity index (χ3v) is 4.23. The summed E-state index contributed by atoms with van der Waals surface area (Å²) in [4.78, 5) is 13.4. The van der Waals surface area contributed by atoms with Gasteiger partial charge in [-0.05, 0) is 26.3 Å². The molecular weight excluding hydrogens is 268 g/mol. The van der Waals surface area contributed by atoms with E-state index in [1.807, 2.05) is 41.3 Å². The van der Waals surface area contributed by atoms with E-state index in [9.17, 15) is 9.90 Å². The summed E-state index contributed by atoms with van der Waals surface area (Å²) in [7, 11) is 0. The molecule has 1 saturated heterocycles. The van der Waals surface area contributed by atoms with Crippen LogP contribution in [-0.2, 0) is 11.3 Å². The number of hydrogen-bond acceptors (Lipinski definition) is 4. The number of benzene rings is 1. The summed E-state index contributed by atoms with van der Waals surface area (Å²) in [6.45, 7) is 3.02. The fourth-order valence-electron chi connectivity index (χ4n) is 2.84. The number of hydrogen-bond donors (Lipinski definition) is 1. The number of aromatic nitrogens is 1. The summed E-state index contributed by atoms with van der Waals surface area (Å²) < 4.78 is 5.37. The number of rotatable bonds is 4. The van der Waals surface area contributed by atoms with Crippen LogP contribution in [-0.4, -0.2) is 33.2 Å². The maximum Gasteiger partial charge on any atom is 0.323 e. The van der Waals surface area contributed by atoms with Crippen LogP contribution in [0.5, 0.6) is 0 Å². The fourth-order valence-corrected chi connectivity index (χ4v) is 2.84. The Morgan fingerprint density at radius 1 is 1.43 bits per heavy atom. The average molecular weight is 286 g/mol. The first-order chi connectivity index (χ1) is 10.1. The van der Waals surface area contributed by atoms with Gasteiger partial charge in [0.15, 0.2) is 5.76 Å². The Kier molecular flexibility index (Phi) is 3.51. The van der Waals surface area contributed by atoms with E-state index in [0.29, 0.717) is 18.7 Å². The summed E-state index contributed by atoms with van der Waals surface area (Å²) in [5.41, 5.74) is 0.969. The summed E-state index contributed by atoms with van der Waals surface area (Å²) in [6.07, 6.45) is 1.56. The van der Waals surface area contributed by atoms with Crippen molar-refractivity contribution in [2.75, 3.05) is 6.54 Å². The van der Waals surface area contributed by atoms with Crippen LogP contribution in [0.25, 0.3) is 11.3 Å². The van der Waals surface area contributed by atoms with E-state index in [0.717, 1.165) is 24.2 Å². The van der Waals surface area contributed by atoms with E-state index >= 15 is 0 Å². The summed E-state index contributed by atoms with van der Waals surface area (Å²) in [5, 5.41) is 13.5. The van der Waals surface area contributed by atoms with E-state index in [-0.39, 0.29) is 0 Å². The number of carboxylic acid groups (broad SMARTS) is 1. The van der Waals surface area contributed by atoms with Crippen LogP contribution in [0.4, 0.5) is 0 Å². The first kappa shape index (κ1) is 13.8. The number of likely N-dealkylation sites (tertiary alicyclic amines) is 1. The highest BCUT2D eigenvalue weighted by Crippen LogP contribution is 2.31. The van der Waals surface area contributed by atoms with Gasteiger partial charge in [-0.2, -0.15) is 0 Å². The molecule has 2 heterocycles. The molecule has 110 valence electrons. The van der Waals surface area contributed by atoms with Crippen molar-refractivity contribution in [3.05, 3.63) is 42.2 Å². The highest BCUT2D eigenvalue weighted by molar-refractivity contribution is 5.78. The Balaban J connectivity index is 1.77. The second-order valence-electron chi connectivity index (χ2n) is 5.65. The van der Waals surface area contributed by atoms with E-state index in [1.54, 1.807) is 6.92 Å². The van der Waals surface area contributed by atoms with E-state index in [2.05, 4.69) is 5.16 Å². The molecule has 5 nitrogen and oxygen atoms in total. The first-order valence-corrected chi connectivity index (χ1v) is 7.09. The number of aliphatic carboxylic acids is 1. The normalized spacial score (nSPS) is 22.5. The van der Waals surface area contributed by atoms with Gasteiger partial charge in [0.1, 0.15) is 11.2 Å². The highest BCUT2D eigenvalue weighted by Gasteiger charge is 2.43. The zero-order valence-electron chi connectivity index (χ0n) is 12.0. The minimum atomic E-state index is -0.806. The molecule has 1 unspecified atom stereocenters. The van der Waals surface area contributed by atoms with Crippen molar-refractivity contribution in [1.29, 1.82) is 0 Å². The van der Waals surface area contributed by atoms with Crippen LogP contribution >= 0.6 is 0 Å². The molecule has 0 spiro atoms. The predicted molar refractivity (Wildman–Crippen MR) is 77.6 cm³/mol. The van der Waals surface area contributed by atoms with Gasteiger partial charge in [-0.1, -0.05) is 35.5 Å². The number of nitrogens with zero attached hydrogens (tertiary/aromatic N) is 2. The Bertz CT molecular complexity index is 638. The van der Waals surface area contributed by atoms with E-state index in [4.69, 9.17) is 4.52 Å². The molecule has 1 N–H and O–H groups in total. The van der Waals surface area contributed by atoms with Gasteiger partial charge in [-0.3, -0.25) is 9.69 Å². The lowest BCUT2D eigenvalue weighted by atomic mass is 9.99. The minimum Gasteiger partial charge on any atom is -0.480 e. The molecule has 0 aliphatic carbocycles. The third-order valence-electron chi connectivity index (χ3n) is 4.23. The van der Waals surface area contributed by atoms with Gasteiger partial charge in [-0.15, -0.1) is 0 Å². The molecule has 0 bridgehead atoms. The van der Waals surface area contributed by atoms with Crippen molar-refractivity contribution in [2.45, 2.75) is 31.8 Å². The van der Waals surface area contributed by atoms with E-state index < -0.39 is 11.5 Å². The van der Waals surface area contributed by atoms with Crippen LogP contribution in [0.15, 0.2) is 40.9 Å². The molecule has 1 aromatic heterocycles. The van der Waals surface area contributed by atoms with Crippen molar-refractivity contribution in [1.82, 2.24) is 10.1 Å². The SMILES string of the molecule is CC1(C(=O)O)CCCN1Cc1cc(-c2ccccc2)no1. The fraction of sp³-hybridized carbons (Fsp3) is 0.375. The maximum absolute atomic E-state index is 11.5. The van der Waals surface area contributed by atoms with Crippen LogP contribution < -0.4 is 0 Å². The van der Waals surface area contributed by atoms with Gasteiger partial charge < -0.3 is 9.63 Å². The summed E-state index contributed by atoms with van der Waals surface area (Å²) in [5.74, 6) is -0.0778. The Morgan fingerprint density at radius 2 is 2.19 bits per heavy atom. The lowest BCUT2D eigenvalue weighted by Gasteiger charge is -2.29. The van der Waals surface area contributed by atoms with Gasteiger partial charge in [0, 0.05) is 11.6 Å². The van der Waals surface area contributed by atoms with E-state index in [1.165, 1.54) is 0 Å². The molecule has 1 aromatic carbocycles. The van der Waals surface area contributed by atoms with Gasteiger partial charge in [0.25, 0.3) is 0 Å². The molecule has 1 aliphatic rings. The Hall–Kier alpha value is -2.14. The molecule has 5 heteroatoms. The lowest BCUT2D eigenvalue weighted by Crippen LogP contribution is -2.47. The largest absolute Gasteiger partial charge is 0.480 e. The molecule has 21 heavy (non-hydrogen) atoms. The zero-order chi connectivity index (χ0) is 14.9. The van der Waals surface area contributed by atoms with Gasteiger partial charge in [0.2, 0.25) is 0 Å². The van der Waals surface area contributed by atoms with Gasteiger partial charge in [0.05, 0.1) is 6.54 Å². The number of carbonyl (C=O) groups is 1. The predicted octanol–water partition coefficient (Wildman–Crippen LogP) is 2.78. The minimum absolute atomic E-state index is 0.475. The van der Waals surface area contributed by atoms with Crippen molar-refractivity contribution in [2.24, 2.45) is 0 Å². The van der Waals surface area contributed by atoms with Crippen LogP contribution in [0.2, 0.25) is 0 Å². The third kappa shape index (κ3) is 2.56. The van der Waals surface area contributed by atoms with Gasteiger partial charge >= 0.3 is 5.97 Å². The topological polar surface area (TPSA) is 66.6 Å². The molecule has 1 aliphatic heterocycles. The molecule has 0 radical (unpaired) electrons. The quantitative estimate of drug-likeness (QED) is 0.936. The van der Waals surface area contributed by atoms with Crippen LogP contribution in [0.1, 0.15) is 25.5 Å². The average Bonchev–Trinajstić information content (AvgIpc) is 3.09. The Labute approximate surface area is 123 Å². The molecule has 2 aromatic rings. The van der Waals surface area contributed by atoms with Crippen molar-refractivity contribution >= 4 is 5.97 Å². The summed E-state index contributed by atoms with van der Waals surface area (Å²) in [6, 6.07) is 11.7. The smallest absolute Gasteiger partial charge is 0.323 e. The monoisotopic (exact) mass is 286 g/mol. The first-order valence-electron chi connectivity index (χ1n) is 7.09. The molecule has 3 rings (SSSR count). The number of carboxylic acids is 1. The van der Waals surface area contributed by atoms with Crippen molar-refractivity contribution in [3.8, 4) is 11.3 Å². The molecule has 1 fully saturated rings. The molecule has 0 amide bonds. The second-order valence-corrected chi connectivity index (χ2v) is 5.65. The van der Waals surface area contributed by atoms with Crippen molar-refractivity contribution in [3.63, 3.8) is 0 Å². The second kappa shape index (κ2) is 5.33. The molecule has 1 atom stereocenters. The van der Waals surface area contributed by atoms with Crippen molar-refractivity contribution < 1.29 is 14.4 Å². The van der Waals surface area contributed by atoms with Gasteiger partial charge in [-0.25, -0.2) is 0 Å². The molecular formula is C16H18N2O3. The zero-order valence-corrected chi connectivity index (χ0v) is 12.0. The highest BCUT2D eigenvalue weighted by atomic mass is 16.5.